The molecule has 0 saturated heterocycles. The van der Waals surface area contributed by atoms with E-state index in [0.717, 1.165) is 11.1 Å². The third-order valence-corrected chi connectivity index (χ3v) is 2.39. The molecule has 0 bridgehead atoms. The van der Waals surface area contributed by atoms with E-state index >= 15 is 0 Å². The Morgan fingerprint density at radius 3 is 2.06 bits per heavy atom. The molecule has 0 aliphatic carbocycles. The van der Waals surface area contributed by atoms with Gasteiger partial charge >= 0.3 is 0 Å². The normalized spacial score (nSPS) is 11.6. The van der Waals surface area contributed by atoms with Crippen LogP contribution < -0.4 is 0 Å². The number of allylic oxidation sites excluding steroid dienone is 1. The van der Waals surface area contributed by atoms with Crippen molar-refractivity contribution in [2.75, 3.05) is 0 Å². The molecule has 1 heteroatoms. The third kappa shape index (κ3) is 3.65. The third-order valence-electron chi connectivity index (χ3n) is 2.39. The van der Waals surface area contributed by atoms with Crippen LogP contribution >= 0.6 is 0 Å². The van der Waals surface area contributed by atoms with Crippen LogP contribution in [0.2, 0.25) is 0 Å². The molecule has 86 valence electrons. The Morgan fingerprint density at radius 2 is 1.62 bits per heavy atom. The molecule has 0 amide bonds. The van der Waals surface area contributed by atoms with Crippen molar-refractivity contribution in [3.05, 3.63) is 41.5 Å². The topological polar surface area (TPSA) is 17.1 Å². The van der Waals surface area contributed by atoms with Gasteiger partial charge in [-0.1, -0.05) is 64.1 Å². The monoisotopic (exact) mass is 216 g/mol. The highest BCUT2D eigenvalue weighted by atomic mass is 16.1. The number of ketones is 1. The van der Waals surface area contributed by atoms with Crippen LogP contribution in [0.25, 0.3) is 6.08 Å². The predicted octanol–water partition coefficient (Wildman–Crippen LogP) is 4.19. The van der Waals surface area contributed by atoms with Gasteiger partial charge in [-0.15, -0.1) is 0 Å². The fourth-order valence-corrected chi connectivity index (χ4v) is 1.40. The minimum atomic E-state index is 0.0667. The first kappa shape index (κ1) is 12.7. The van der Waals surface area contributed by atoms with Crippen LogP contribution in [0.3, 0.4) is 0 Å². The van der Waals surface area contributed by atoms with Crippen LogP contribution in [0.1, 0.15) is 43.6 Å². The van der Waals surface area contributed by atoms with E-state index in [-0.39, 0.29) is 11.7 Å². The molecular formula is C15H20O. The molecule has 1 nitrogen and oxygen atoms in total. The zero-order valence-electron chi connectivity index (χ0n) is 10.5. The molecule has 1 rings (SSSR count). The molecule has 0 N–H and O–H groups in total. The Morgan fingerprint density at radius 1 is 1.06 bits per heavy atom. The number of carbonyl (C=O) groups excluding carboxylic acids is 1. The van der Waals surface area contributed by atoms with Gasteiger partial charge in [0.2, 0.25) is 0 Å². The van der Waals surface area contributed by atoms with Crippen molar-refractivity contribution in [2.45, 2.75) is 27.7 Å². The van der Waals surface area contributed by atoms with Gasteiger partial charge in [0.15, 0.2) is 5.78 Å². The molecule has 0 aliphatic rings. The summed E-state index contributed by atoms with van der Waals surface area (Å²) in [7, 11) is 0. The number of hydrogen-bond donors (Lipinski definition) is 0. The predicted molar refractivity (Wildman–Crippen MR) is 69.5 cm³/mol. The molecule has 1 aromatic carbocycles. The Balaban J connectivity index is 2.79. The number of carbonyl (C=O) groups is 1. The van der Waals surface area contributed by atoms with Gasteiger partial charge in [0.1, 0.15) is 0 Å². The van der Waals surface area contributed by atoms with Crippen molar-refractivity contribution in [2.24, 2.45) is 11.8 Å². The van der Waals surface area contributed by atoms with Crippen molar-refractivity contribution < 1.29 is 4.79 Å². The fourth-order valence-electron chi connectivity index (χ4n) is 1.40. The maximum Gasteiger partial charge on any atom is 0.165 e. The quantitative estimate of drug-likeness (QED) is 0.689. The Hall–Kier alpha value is -1.37. The zero-order valence-corrected chi connectivity index (χ0v) is 10.5. The Labute approximate surface area is 98.2 Å². The molecule has 0 unspecified atom stereocenters. The molecular weight excluding hydrogens is 196 g/mol. The average Bonchev–Trinajstić information content (AvgIpc) is 2.26. The number of benzene rings is 1. The summed E-state index contributed by atoms with van der Waals surface area (Å²) in [6.07, 6.45) is 4.24. The summed E-state index contributed by atoms with van der Waals surface area (Å²) in [5, 5.41) is 0. The summed E-state index contributed by atoms with van der Waals surface area (Å²) < 4.78 is 0. The van der Waals surface area contributed by atoms with Crippen LogP contribution in [0.15, 0.2) is 30.3 Å². The maximum atomic E-state index is 11.7. The smallest absolute Gasteiger partial charge is 0.165 e. The van der Waals surface area contributed by atoms with Crippen LogP contribution in [0.4, 0.5) is 0 Å². The summed E-state index contributed by atoms with van der Waals surface area (Å²) in [4.78, 5) is 11.7. The lowest BCUT2D eigenvalue weighted by Gasteiger charge is -2.04. The second-order valence-corrected chi connectivity index (χ2v) is 4.74. The van der Waals surface area contributed by atoms with Gasteiger partial charge in [-0.25, -0.2) is 0 Å². The summed E-state index contributed by atoms with van der Waals surface area (Å²) >= 11 is 0. The van der Waals surface area contributed by atoms with Gasteiger partial charge in [-0.05, 0) is 11.5 Å². The molecule has 0 aromatic heterocycles. The summed E-state index contributed by atoms with van der Waals surface area (Å²) in [5.74, 6) is 0.827. The highest BCUT2D eigenvalue weighted by Gasteiger charge is 2.09. The molecule has 0 radical (unpaired) electrons. The summed E-state index contributed by atoms with van der Waals surface area (Å²) in [6.45, 7) is 8.14. The lowest BCUT2D eigenvalue weighted by Crippen LogP contribution is -2.06. The first-order valence-electron chi connectivity index (χ1n) is 5.83. The molecule has 0 heterocycles. The van der Waals surface area contributed by atoms with Crippen LogP contribution in [0, 0.1) is 11.8 Å². The molecule has 0 fully saturated rings. The van der Waals surface area contributed by atoms with Crippen molar-refractivity contribution in [3.63, 3.8) is 0 Å². The standard InChI is InChI=1S/C15H20O/c1-11(2)5-6-13-7-9-14(10-8-13)15(16)12(3)4/h5-12H,1-4H3/b6-5+. The molecule has 0 saturated carbocycles. The largest absolute Gasteiger partial charge is 0.294 e. The number of rotatable bonds is 4. The van der Waals surface area contributed by atoms with Crippen LogP contribution in [-0.4, -0.2) is 5.78 Å². The molecule has 0 spiro atoms. The minimum absolute atomic E-state index is 0.0667. The SMILES string of the molecule is CC(C)/C=C/c1ccc(C(=O)C(C)C)cc1. The van der Waals surface area contributed by atoms with Crippen molar-refractivity contribution >= 4 is 11.9 Å². The number of hydrogen-bond acceptors (Lipinski definition) is 1. The van der Waals surface area contributed by atoms with E-state index in [9.17, 15) is 4.79 Å². The molecule has 0 atom stereocenters. The summed E-state index contributed by atoms with van der Waals surface area (Å²) in [5.41, 5.74) is 1.95. The highest BCUT2D eigenvalue weighted by molar-refractivity contribution is 5.97. The first-order valence-corrected chi connectivity index (χ1v) is 5.83. The fraction of sp³-hybridized carbons (Fsp3) is 0.400. The van der Waals surface area contributed by atoms with Crippen molar-refractivity contribution in [3.8, 4) is 0 Å². The minimum Gasteiger partial charge on any atom is -0.294 e. The van der Waals surface area contributed by atoms with Gasteiger partial charge < -0.3 is 0 Å². The van der Waals surface area contributed by atoms with E-state index in [1.54, 1.807) is 0 Å². The first-order chi connectivity index (χ1) is 7.50. The zero-order chi connectivity index (χ0) is 12.1. The van der Waals surface area contributed by atoms with E-state index in [1.807, 2.05) is 38.1 Å². The summed E-state index contributed by atoms with van der Waals surface area (Å²) in [6, 6.07) is 7.80. The highest BCUT2D eigenvalue weighted by Crippen LogP contribution is 2.11. The Kier molecular flexibility index (Phi) is 4.48. The van der Waals surface area contributed by atoms with Crippen molar-refractivity contribution in [1.82, 2.24) is 0 Å². The van der Waals surface area contributed by atoms with E-state index < -0.39 is 0 Å². The van der Waals surface area contributed by atoms with Crippen LogP contribution in [0.5, 0.6) is 0 Å². The Bertz CT molecular complexity index is 369. The van der Waals surface area contributed by atoms with E-state index in [2.05, 4.69) is 26.0 Å². The van der Waals surface area contributed by atoms with Crippen molar-refractivity contribution in [1.29, 1.82) is 0 Å². The molecule has 0 aliphatic heterocycles. The average molecular weight is 216 g/mol. The van der Waals surface area contributed by atoms with E-state index in [0.29, 0.717) is 5.92 Å². The van der Waals surface area contributed by atoms with Gasteiger partial charge in [0, 0.05) is 11.5 Å². The van der Waals surface area contributed by atoms with Crippen LogP contribution in [-0.2, 0) is 0 Å². The molecule has 16 heavy (non-hydrogen) atoms. The lowest BCUT2D eigenvalue weighted by molar-refractivity contribution is 0.0939. The van der Waals surface area contributed by atoms with E-state index in [1.165, 1.54) is 0 Å². The maximum absolute atomic E-state index is 11.7. The van der Waals surface area contributed by atoms with Gasteiger partial charge in [0.05, 0.1) is 0 Å². The second kappa shape index (κ2) is 5.64. The lowest BCUT2D eigenvalue weighted by atomic mass is 10.00. The molecule has 1 aromatic rings. The second-order valence-electron chi connectivity index (χ2n) is 4.74. The number of Topliss-reactive ketones (excluding diaryl/α,β-unsaturated/α-hetero) is 1. The van der Waals surface area contributed by atoms with Gasteiger partial charge in [-0.3, -0.25) is 4.79 Å². The van der Waals surface area contributed by atoms with Gasteiger partial charge in [0.25, 0.3) is 0 Å². The van der Waals surface area contributed by atoms with Gasteiger partial charge in [-0.2, -0.15) is 0 Å². The van der Waals surface area contributed by atoms with E-state index in [4.69, 9.17) is 0 Å².